The molecular formula is C48H45BBr2Cl8F4N4O5. The van der Waals surface area contributed by atoms with Gasteiger partial charge in [0.05, 0.1) is 37.4 Å². The van der Waals surface area contributed by atoms with E-state index in [1.54, 1.807) is 38.4 Å². The molecule has 1 aliphatic heterocycles. The quantitative estimate of drug-likeness (QED) is 0.0560. The van der Waals surface area contributed by atoms with Crippen molar-refractivity contribution < 1.29 is 41.5 Å². The predicted octanol–water partition coefficient (Wildman–Crippen LogP) is 17.3. The lowest BCUT2D eigenvalue weighted by Gasteiger charge is -2.32. The van der Waals surface area contributed by atoms with Crippen LogP contribution in [0.2, 0.25) is 40.2 Å². The SMILES string of the molecule is CC(Br)c1c(Cl)ccc(F)c1Cl.CC(O)c1c(Cl)ccc(F)c1Cl.CC(Oc1cc(B2OC(C)(C)C(C)(C)O2)cnc1N)c1c(Cl)ccc(F)c1Cl.CC(Oc1cc(Br)cnc1N)c1c(Cl)ccc(F)c1Cl. The predicted molar refractivity (Wildman–Crippen MR) is 292 cm³/mol. The number of halogens is 14. The number of aliphatic hydroxyl groups is 1. The molecule has 9 nitrogen and oxygen atoms in total. The minimum Gasteiger partial charge on any atom is -0.482 e. The number of alkyl halides is 1. The van der Waals surface area contributed by atoms with E-state index in [9.17, 15) is 22.7 Å². The molecule has 7 rings (SSSR count). The zero-order valence-corrected chi connectivity index (χ0v) is 48.5. The second kappa shape index (κ2) is 26.4. The summed E-state index contributed by atoms with van der Waals surface area (Å²) in [6, 6.07) is 13.9. The van der Waals surface area contributed by atoms with Crippen LogP contribution in [0.5, 0.6) is 11.5 Å². The Morgan fingerprint density at radius 1 is 0.569 bits per heavy atom. The van der Waals surface area contributed by atoms with E-state index in [-0.39, 0.29) is 47.1 Å². The molecule has 4 aromatic carbocycles. The molecule has 5 N–H and O–H groups in total. The van der Waals surface area contributed by atoms with Crippen LogP contribution in [0.4, 0.5) is 29.2 Å². The fourth-order valence-electron chi connectivity index (χ4n) is 6.36. The zero-order valence-electron chi connectivity index (χ0n) is 39.2. The van der Waals surface area contributed by atoms with E-state index in [2.05, 4.69) is 41.8 Å². The van der Waals surface area contributed by atoms with Crippen molar-refractivity contribution in [1.82, 2.24) is 9.97 Å². The van der Waals surface area contributed by atoms with Crippen LogP contribution in [0.1, 0.15) is 101 Å². The minimum atomic E-state index is -0.860. The molecule has 0 saturated carbocycles. The maximum Gasteiger partial charge on any atom is 0.496 e. The molecule has 0 aliphatic carbocycles. The number of nitrogens with two attached hydrogens (primary N) is 2. The van der Waals surface area contributed by atoms with Gasteiger partial charge in [-0.1, -0.05) is 109 Å². The lowest BCUT2D eigenvalue weighted by atomic mass is 9.80. The largest absolute Gasteiger partial charge is 0.496 e. The van der Waals surface area contributed by atoms with Crippen LogP contribution in [0.3, 0.4) is 0 Å². The fraction of sp³-hybridized carbons (Fsp3) is 0.292. The number of nitrogen functional groups attached to an aromatic ring is 2. The summed E-state index contributed by atoms with van der Waals surface area (Å²) in [5, 5.41) is 10.4. The first-order valence-electron chi connectivity index (χ1n) is 21.1. The van der Waals surface area contributed by atoms with Gasteiger partial charge in [-0.15, -0.1) is 0 Å². The van der Waals surface area contributed by atoms with E-state index < -0.39 is 59.9 Å². The van der Waals surface area contributed by atoms with E-state index in [1.807, 2.05) is 34.6 Å². The third-order valence-electron chi connectivity index (χ3n) is 10.8. The Balaban J connectivity index is 0.000000223. The Labute approximate surface area is 472 Å². The van der Waals surface area contributed by atoms with Crippen molar-refractivity contribution in [2.24, 2.45) is 0 Å². The normalized spacial score (nSPS) is 15.1. The first-order chi connectivity index (χ1) is 33.4. The van der Waals surface area contributed by atoms with Crippen molar-refractivity contribution in [3.8, 4) is 11.5 Å². The van der Waals surface area contributed by atoms with Crippen LogP contribution in [-0.4, -0.2) is 33.4 Å². The number of hydrogen-bond acceptors (Lipinski definition) is 9. The van der Waals surface area contributed by atoms with Gasteiger partial charge in [-0.05, 0) is 132 Å². The van der Waals surface area contributed by atoms with Crippen molar-refractivity contribution in [2.75, 3.05) is 11.5 Å². The maximum absolute atomic E-state index is 13.8. The average Bonchev–Trinajstić information content (AvgIpc) is 3.51. The summed E-state index contributed by atoms with van der Waals surface area (Å²) < 4.78 is 77.5. The van der Waals surface area contributed by atoms with Gasteiger partial charge in [0.15, 0.2) is 23.1 Å². The Bertz CT molecular complexity index is 2820. The molecule has 1 aliphatic rings. The molecular weight excluding hydrogens is 1240 g/mol. The summed E-state index contributed by atoms with van der Waals surface area (Å²) in [6.07, 6.45) is 1.03. The van der Waals surface area contributed by atoms with Gasteiger partial charge in [-0.2, -0.15) is 0 Å². The molecule has 388 valence electrons. The van der Waals surface area contributed by atoms with Gasteiger partial charge in [0, 0.05) is 69.5 Å². The molecule has 2 aromatic heterocycles. The number of aliphatic hydroxyl groups excluding tert-OH is 1. The van der Waals surface area contributed by atoms with E-state index >= 15 is 0 Å². The number of pyridine rings is 2. The maximum atomic E-state index is 13.8. The molecule has 1 fully saturated rings. The van der Waals surface area contributed by atoms with Crippen LogP contribution in [0.15, 0.2) is 77.5 Å². The first kappa shape index (κ1) is 61.9. The molecule has 24 heteroatoms. The second-order valence-electron chi connectivity index (χ2n) is 16.6. The highest BCUT2D eigenvalue weighted by Gasteiger charge is 2.52. The molecule has 0 amide bonds. The van der Waals surface area contributed by atoms with Gasteiger partial charge in [0.1, 0.15) is 35.5 Å². The van der Waals surface area contributed by atoms with Gasteiger partial charge >= 0.3 is 7.12 Å². The van der Waals surface area contributed by atoms with Crippen LogP contribution in [0.25, 0.3) is 0 Å². The monoisotopic (exact) mass is 1280 g/mol. The average molecular weight is 1290 g/mol. The van der Waals surface area contributed by atoms with E-state index in [0.29, 0.717) is 53.2 Å². The summed E-state index contributed by atoms with van der Waals surface area (Å²) in [4.78, 5) is 8.09. The van der Waals surface area contributed by atoms with Gasteiger partial charge in [0.2, 0.25) is 0 Å². The number of benzene rings is 4. The van der Waals surface area contributed by atoms with Gasteiger partial charge in [0.25, 0.3) is 0 Å². The summed E-state index contributed by atoms with van der Waals surface area (Å²) in [7, 11) is -0.614. The third-order valence-corrected chi connectivity index (χ3v) is 14.6. The lowest BCUT2D eigenvalue weighted by Crippen LogP contribution is -2.41. The van der Waals surface area contributed by atoms with Gasteiger partial charge in [-0.25, -0.2) is 27.5 Å². The van der Waals surface area contributed by atoms with Crippen molar-refractivity contribution in [3.05, 3.63) is 163 Å². The molecule has 72 heavy (non-hydrogen) atoms. The molecule has 1 saturated heterocycles. The molecule has 4 unspecified atom stereocenters. The standard InChI is InChI=1S/C19H22BCl2FN2O3.C13H10BrCl2FN2O.C8H6BrCl2F.C8H7Cl2FO/c1-10(15-12(21)6-7-13(23)16(15)22)26-14-8-11(9-25-17(14)24)20-27-18(2,3)19(4,5)28-20;1-6(11-8(15)2-3-9(17)12(11)16)20-10-4-7(14)5-19-13(10)18;1-4(9)7-5(10)2-3-6(12)8(7)11;1-4(12)7-5(9)2-3-6(11)8(7)10/h6-10H,1-5H3,(H2,24,25);2-6H,1H3,(H2,18,19);2-4H,1H3;2-4,12H,1H3. The van der Waals surface area contributed by atoms with Crippen LogP contribution >= 0.6 is 125 Å². The number of rotatable bonds is 9. The van der Waals surface area contributed by atoms with E-state index in [0.717, 1.165) is 6.07 Å². The van der Waals surface area contributed by atoms with E-state index in [1.165, 1.54) is 49.4 Å². The number of anilines is 2. The second-order valence-corrected chi connectivity index (χ2v) is 22.0. The Kier molecular flexibility index (Phi) is 22.7. The van der Waals surface area contributed by atoms with Crippen LogP contribution in [-0.2, 0) is 9.31 Å². The van der Waals surface area contributed by atoms with E-state index in [4.69, 9.17) is 123 Å². The lowest BCUT2D eigenvalue weighted by molar-refractivity contribution is 0.00578. The minimum absolute atomic E-state index is 0.0480. The number of ether oxygens (including phenoxy) is 2. The zero-order chi connectivity index (χ0) is 54.3. The van der Waals surface area contributed by atoms with Gasteiger partial charge in [-0.3, -0.25) is 0 Å². The summed E-state index contributed by atoms with van der Waals surface area (Å²) in [6.45, 7) is 14.6. The Hall–Kier alpha value is -2.68. The van der Waals surface area contributed by atoms with Crippen molar-refractivity contribution in [2.45, 2.75) is 89.7 Å². The molecule has 6 aromatic rings. The van der Waals surface area contributed by atoms with Crippen LogP contribution in [0, 0.1) is 23.3 Å². The number of nitrogens with zero attached hydrogens (tertiary/aromatic N) is 2. The number of hydrogen-bond donors (Lipinski definition) is 3. The van der Waals surface area contributed by atoms with Crippen molar-refractivity contribution >= 4 is 149 Å². The first-order valence-corrected chi connectivity index (χ1v) is 25.8. The Morgan fingerprint density at radius 3 is 1.26 bits per heavy atom. The van der Waals surface area contributed by atoms with Crippen molar-refractivity contribution in [3.63, 3.8) is 0 Å². The molecule has 4 atom stereocenters. The van der Waals surface area contributed by atoms with Crippen LogP contribution < -0.4 is 26.4 Å². The highest BCUT2D eigenvalue weighted by Crippen LogP contribution is 2.41. The highest BCUT2D eigenvalue weighted by molar-refractivity contribution is 9.10. The molecule has 0 spiro atoms. The smallest absolute Gasteiger partial charge is 0.482 e. The highest BCUT2D eigenvalue weighted by atomic mass is 79.9. The topological polar surface area (TPSA) is 135 Å². The number of aromatic nitrogens is 2. The van der Waals surface area contributed by atoms with Crippen molar-refractivity contribution in [1.29, 1.82) is 0 Å². The molecule has 3 heterocycles. The summed E-state index contributed by atoms with van der Waals surface area (Å²) >= 11 is 53.6. The third kappa shape index (κ3) is 15.5. The fourth-order valence-corrected chi connectivity index (χ4v) is 10.2. The summed E-state index contributed by atoms with van der Waals surface area (Å²) in [5.41, 5.74) is 12.9. The summed E-state index contributed by atoms with van der Waals surface area (Å²) in [5.74, 6) is -1.08. The Morgan fingerprint density at radius 2 is 0.903 bits per heavy atom. The molecule has 0 bridgehead atoms. The molecule has 0 radical (unpaired) electrons. The van der Waals surface area contributed by atoms with Gasteiger partial charge < -0.3 is 35.4 Å².